The zero-order valence-electron chi connectivity index (χ0n) is 15.6. The normalized spacial score (nSPS) is 10.3. The van der Waals surface area contributed by atoms with Gasteiger partial charge in [-0.2, -0.15) is 5.26 Å². The van der Waals surface area contributed by atoms with Gasteiger partial charge in [-0.05, 0) is 55.5 Å². The summed E-state index contributed by atoms with van der Waals surface area (Å²) in [6.45, 7) is 1.99. The number of rotatable bonds is 7. The van der Waals surface area contributed by atoms with Gasteiger partial charge in [0.25, 0.3) is 0 Å². The number of nitrogens with zero attached hydrogens (tertiary/aromatic N) is 2. The van der Waals surface area contributed by atoms with Gasteiger partial charge in [-0.25, -0.2) is 4.98 Å². The highest BCUT2D eigenvalue weighted by atomic mass is 32.2. The van der Waals surface area contributed by atoms with Gasteiger partial charge >= 0.3 is 0 Å². The molecule has 0 bridgehead atoms. The molecule has 3 aromatic rings. The highest BCUT2D eigenvalue weighted by Gasteiger charge is 2.12. The molecule has 0 aliphatic rings. The minimum atomic E-state index is -0.0591. The zero-order chi connectivity index (χ0) is 19.9. The predicted octanol–water partition coefficient (Wildman–Crippen LogP) is 5.12. The number of ether oxygens (including phenoxy) is 1. The summed E-state index contributed by atoms with van der Waals surface area (Å²) in [5, 5.41) is 12.3. The molecule has 1 heterocycles. The van der Waals surface area contributed by atoms with Gasteiger partial charge in [-0.1, -0.05) is 0 Å². The number of nitriles is 1. The highest BCUT2D eigenvalue weighted by Crippen LogP contribution is 2.31. The molecule has 7 heteroatoms. The van der Waals surface area contributed by atoms with Gasteiger partial charge in [0.2, 0.25) is 5.91 Å². The van der Waals surface area contributed by atoms with E-state index in [9.17, 15) is 4.79 Å². The van der Waals surface area contributed by atoms with Crippen LogP contribution in [-0.4, -0.2) is 23.8 Å². The van der Waals surface area contributed by atoms with E-state index in [-0.39, 0.29) is 5.91 Å². The topological polar surface area (TPSA) is 75.0 Å². The molecule has 0 fully saturated rings. The molecule has 0 saturated carbocycles. The number of carbonyl (C=O) groups excluding carboxylic acids is 1. The third-order valence-corrected chi connectivity index (χ3v) is 5.89. The van der Waals surface area contributed by atoms with E-state index in [0.29, 0.717) is 22.9 Å². The van der Waals surface area contributed by atoms with Gasteiger partial charge in [-0.3, -0.25) is 4.79 Å². The van der Waals surface area contributed by atoms with Crippen LogP contribution in [0.5, 0.6) is 5.75 Å². The van der Waals surface area contributed by atoms with Crippen LogP contribution in [0, 0.1) is 18.3 Å². The SMILES string of the molecule is COc1ccc(-c2nc(NC(=O)CCSc3ccc(C#N)cc3)sc2C)cc1. The summed E-state index contributed by atoms with van der Waals surface area (Å²) in [5.74, 6) is 1.40. The molecule has 0 atom stereocenters. The Morgan fingerprint density at radius 2 is 1.93 bits per heavy atom. The Balaban J connectivity index is 1.54. The molecule has 1 amide bonds. The van der Waals surface area contributed by atoms with Gasteiger partial charge in [0.1, 0.15) is 5.75 Å². The Bertz CT molecular complexity index is 990. The van der Waals surface area contributed by atoms with Gasteiger partial charge in [0, 0.05) is 27.5 Å². The minimum Gasteiger partial charge on any atom is -0.497 e. The fourth-order valence-corrected chi connectivity index (χ4v) is 4.24. The summed E-state index contributed by atoms with van der Waals surface area (Å²) in [5.41, 5.74) is 2.50. The number of nitrogens with one attached hydrogen (secondary N) is 1. The van der Waals surface area contributed by atoms with Crippen molar-refractivity contribution in [2.24, 2.45) is 0 Å². The number of hydrogen-bond acceptors (Lipinski definition) is 6. The van der Waals surface area contributed by atoms with Crippen molar-refractivity contribution < 1.29 is 9.53 Å². The number of anilines is 1. The first-order chi connectivity index (χ1) is 13.6. The van der Waals surface area contributed by atoms with Crippen molar-refractivity contribution in [3.63, 3.8) is 0 Å². The molecular formula is C21H19N3O2S2. The Kier molecular flexibility index (Phi) is 6.69. The van der Waals surface area contributed by atoms with Crippen molar-refractivity contribution in [1.29, 1.82) is 5.26 Å². The van der Waals surface area contributed by atoms with E-state index in [1.54, 1.807) is 31.0 Å². The van der Waals surface area contributed by atoms with Gasteiger partial charge in [0.05, 0.1) is 24.4 Å². The predicted molar refractivity (Wildman–Crippen MR) is 114 cm³/mol. The Morgan fingerprint density at radius 3 is 2.57 bits per heavy atom. The summed E-state index contributed by atoms with van der Waals surface area (Å²) >= 11 is 3.06. The lowest BCUT2D eigenvalue weighted by molar-refractivity contribution is -0.115. The highest BCUT2D eigenvalue weighted by molar-refractivity contribution is 7.99. The lowest BCUT2D eigenvalue weighted by atomic mass is 10.1. The molecule has 28 heavy (non-hydrogen) atoms. The number of methoxy groups -OCH3 is 1. The average Bonchev–Trinajstić information content (AvgIpc) is 3.08. The maximum atomic E-state index is 12.2. The summed E-state index contributed by atoms with van der Waals surface area (Å²) in [6.07, 6.45) is 0.390. The number of benzene rings is 2. The van der Waals surface area contributed by atoms with Crippen LogP contribution in [-0.2, 0) is 4.79 Å². The van der Waals surface area contributed by atoms with Crippen LogP contribution >= 0.6 is 23.1 Å². The number of amides is 1. The van der Waals surface area contributed by atoms with Crippen molar-refractivity contribution >= 4 is 34.1 Å². The summed E-state index contributed by atoms with van der Waals surface area (Å²) in [4.78, 5) is 18.9. The van der Waals surface area contributed by atoms with E-state index in [1.165, 1.54) is 11.3 Å². The van der Waals surface area contributed by atoms with Gasteiger partial charge in [0.15, 0.2) is 5.13 Å². The molecule has 0 saturated heterocycles. The van der Waals surface area contributed by atoms with Crippen molar-refractivity contribution in [2.45, 2.75) is 18.2 Å². The first kappa shape index (κ1) is 19.9. The fourth-order valence-electron chi connectivity index (χ4n) is 2.54. The molecule has 0 unspecified atom stereocenters. The third-order valence-electron chi connectivity index (χ3n) is 3.99. The molecular weight excluding hydrogens is 390 g/mol. The third kappa shape index (κ3) is 5.12. The minimum absolute atomic E-state index is 0.0591. The Morgan fingerprint density at radius 1 is 1.21 bits per heavy atom. The second-order valence-electron chi connectivity index (χ2n) is 5.94. The Hall–Kier alpha value is -2.82. The largest absolute Gasteiger partial charge is 0.497 e. The molecule has 1 aromatic heterocycles. The molecule has 0 radical (unpaired) electrons. The Labute approximate surface area is 172 Å². The first-order valence-corrected chi connectivity index (χ1v) is 10.4. The van der Waals surface area contributed by atoms with Crippen molar-refractivity contribution in [2.75, 3.05) is 18.2 Å². The van der Waals surface area contributed by atoms with E-state index < -0.39 is 0 Å². The quantitative estimate of drug-likeness (QED) is 0.548. The number of hydrogen-bond donors (Lipinski definition) is 1. The van der Waals surface area contributed by atoms with Crippen LogP contribution < -0.4 is 10.1 Å². The van der Waals surface area contributed by atoms with Crippen LogP contribution in [0.3, 0.4) is 0 Å². The van der Waals surface area contributed by atoms with E-state index >= 15 is 0 Å². The van der Waals surface area contributed by atoms with E-state index in [2.05, 4.69) is 16.4 Å². The summed E-state index contributed by atoms with van der Waals surface area (Å²) in [7, 11) is 1.64. The van der Waals surface area contributed by atoms with Gasteiger partial charge < -0.3 is 10.1 Å². The van der Waals surface area contributed by atoms with Crippen LogP contribution in [0.15, 0.2) is 53.4 Å². The maximum absolute atomic E-state index is 12.2. The molecule has 0 spiro atoms. The number of thiazole rings is 1. The molecule has 1 N–H and O–H groups in total. The number of aromatic nitrogens is 1. The van der Waals surface area contributed by atoms with Crippen LogP contribution in [0.4, 0.5) is 5.13 Å². The monoisotopic (exact) mass is 409 g/mol. The second kappa shape index (κ2) is 9.40. The smallest absolute Gasteiger partial charge is 0.226 e. The molecule has 5 nitrogen and oxygen atoms in total. The van der Waals surface area contributed by atoms with Gasteiger partial charge in [-0.15, -0.1) is 23.1 Å². The van der Waals surface area contributed by atoms with Crippen molar-refractivity contribution in [3.8, 4) is 23.1 Å². The van der Waals surface area contributed by atoms with Crippen LogP contribution in [0.1, 0.15) is 16.9 Å². The fraction of sp³-hybridized carbons (Fsp3) is 0.190. The second-order valence-corrected chi connectivity index (χ2v) is 8.31. The lowest BCUT2D eigenvalue weighted by Gasteiger charge is -2.03. The van der Waals surface area contributed by atoms with E-state index in [0.717, 1.165) is 26.8 Å². The zero-order valence-corrected chi connectivity index (χ0v) is 17.2. The number of carbonyl (C=O) groups is 1. The molecule has 0 aliphatic heterocycles. The molecule has 0 aliphatic carbocycles. The maximum Gasteiger partial charge on any atom is 0.226 e. The summed E-state index contributed by atoms with van der Waals surface area (Å²) in [6, 6.07) is 17.2. The van der Waals surface area contributed by atoms with Crippen LogP contribution in [0.25, 0.3) is 11.3 Å². The number of thioether (sulfide) groups is 1. The standard InChI is InChI=1S/C21H19N3O2S2/c1-14-20(16-5-7-17(26-2)8-6-16)24-21(28-14)23-19(25)11-12-27-18-9-3-15(13-22)4-10-18/h3-10H,11-12H2,1-2H3,(H,23,24,25). The van der Waals surface area contributed by atoms with Crippen molar-refractivity contribution in [1.82, 2.24) is 4.98 Å². The van der Waals surface area contributed by atoms with E-state index in [1.807, 2.05) is 43.3 Å². The van der Waals surface area contributed by atoms with E-state index in [4.69, 9.17) is 10.00 Å². The average molecular weight is 410 g/mol. The summed E-state index contributed by atoms with van der Waals surface area (Å²) < 4.78 is 5.18. The molecule has 2 aromatic carbocycles. The first-order valence-electron chi connectivity index (χ1n) is 8.63. The molecule has 3 rings (SSSR count). The molecule has 142 valence electrons. The number of aryl methyl sites for hydroxylation is 1. The van der Waals surface area contributed by atoms with Crippen LogP contribution in [0.2, 0.25) is 0 Å². The van der Waals surface area contributed by atoms with Crippen molar-refractivity contribution in [3.05, 3.63) is 59.0 Å². The lowest BCUT2D eigenvalue weighted by Crippen LogP contribution is -2.11.